The first-order valence-electron chi connectivity index (χ1n) is 7.09. The van der Waals surface area contributed by atoms with E-state index in [1.165, 1.54) is 25.1 Å². The monoisotopic (exact) mass is 330 g/mol. The van der Waals surface area contributed by atoms with Gasteiger partial charge in [0.05, 0.1) is 11.9 Å². The van der Waals surface area contributed by atoms with E-state index in [4.69, 9.17) is 0 Å². The quantitative estimate of drug-likeness (QED) is 0.869. The number of hydrogen-bond donors (Lipinski definition) is 1. The summed E-state index contributed by atoms with van der Waals surface area (Å²) in [5, 5.41) is 2.78. The number of sulfonamides is 1. The van der Waals surface area contributed by atoms with E-state index < -0.39 is 27.8 Å². The number of amides is 1. The third-order valence-corrected chi connectivity index (χ3v) is 4.76. The third-order valence-electron chi connectivity index (χ3n) is 3.52. The van der Waals surface area contributed by atoms with Gasteiger partial charge in [0.1, 0.15) is 11.9 Å². The zero-order valence-corrected chi connectivity index (χ0v) is 14.3. The first kappa shape index (κ1) is 18.4. The van der Waals surface area contributed by atoms with Gasteiger partial charge in [0.25, 0.3) is 0 Å². The van der Waals surface area contributed by atoms with Crippen molar-refractivity contribution in [2.75, 3.05) is 10.6 Å². The zero-order chi connectivity index (χ0) is 17.1. The molecule has 0 fully saturated rings. The normalized spacial score (nSPS) is 14.5. The topological polar surface area (TPSA) is 66.5 Å². The van der Waals surface area contributed by atoms with E-state index in [9.17, 15) is 17.6 Å². The molecule has 0 saturated carbocycles. The van der Waals surface area contributed by atoms with E-state index in [0.717, 1.165) is 16.6 Å². The van der Waals surface area contributed by atoms with E-state index in [-0.39, 0.29) is 17.6 Å². The van der Waals surface area contributed by atoms with E-state index in [2.05, 4.69) is 5.32 Å². The molecule has 0 spiro atoms. The van der Waals surface area contributed by atoms with Crippen LogP contribution in [0.1, 0.15) is 27.7 Å². The van der Waals surface area contributed by atoms with E-state index in [1.807, 2.05) is 20.8 Å². The molecule has 1 amide bonds. The fraction of sp³-hybridized carbons (Fsp3) is 0.533. The molecule has 7 heteroatoms. The Balaban J connectivity index is 3.11. The van der Waals surface area contributed by atoms with Gasteiger partial charge in [-0.2, -0.15) is 0 Å². The Morgan fingerprint density at radius 3 is 2.27 bits per heavy atom. The van der Waals surface area contributed by atoms with Crippen LogP contribution in [0.25, 0.3) is 0 Å². The molecule has 2 unspecified atom stereocenters. The standard InChI is InChI=1S/C15H23FN2O3S/c1-10(2)11(3)17-15(19)12(4)18(22(5,20)21)14-8-6-7-13(16)9-14/h6-12H,1-5H3,(H,17,19). The molecule has 124 valence electrons. The van der Waals surface area contributed by atoms with Crippen molar-refractivity contribution in [1.82, 2.24) is 5.32 Å². The van der Waals surface area contributed by atoms with E-state index in [0.29, 0.717) is 0 Å². The number of rotatable bonds is 6. The van der Waals surface area contributed by atoms with Crippen LogP contribution < -0.4 is 9.62 Å². The summed E-state index contributed by atoms with van der Waals surface area (Å²) in [4.78, 5) is 12.3. The van der Waals surface area contributed by atoms with Crippen LogP contribution in [0, 0.1) is 11.7 Å². The Kier molecular flexibility index (Phi) is 5.93. The SMILES string of the molecule is CC(C)C(C)NC(=O)C(C)N(c1cccc(F)c1)S(C)(=O)=O. The van der Waals surface area contributed by atoms with Crippen molar-refractivity contribution >= 4 is 21.6 Å². The maximum atomic E-state index is 13.4. The minimum atomic E-state index is -3.73. The van der Waals surface area contributed by atoms with Gasteiger partial charge in [-0.1, -0.05) is 19.9 Å². The van der Waals surface area contributed by atoms with Gasteiger partial charge in [-0.3, -0.25) is 9.10 Å². The van der Waals surface area contributed by atoms with Crippen LogP contribution in [-0.2, 0) is 14.8 Å². The number of anilines is 1. The van der Waals surface area contributed by atoms with Crippen molar-refractivity contribution in [1.29, 1.82) is 0 Å². The molecule has 0 aromatic heterocycles. The van der Waals surface area contributed by atoms with Gasteiger partial charge in [0.15, 0.2) is 0 Å². The summed E-state index contributed by atoms with van der Waals surface area (Å²) in [6.45, 7) is 7.24. The van der Waals surface area contributed by atoms with E-state index in [1.54, 1.807) is 0 Å². The number of nitrogens with one attached hydrogen (secondary N) is 1. The molecule has 1 N–H and O–H groups in total. The van der Waals surface area contributed by atoms with E-state index >= 15 is 0 Å². The summed E-state index contributed by atoms with van der Waals surface area (Å²) < 4.78 is 38.4. The van der Waals surface area contributed by atoms with Gasteiger partial charge in [-0.05, 0) is 38.0 Å². The Bertz CT molecular complexity index is 631. The second-order valence-electron chi connectivity index (χ2n) is 5.76. The number of hydrogen-bond acceptors (Lipinski definition) is 3. The molecule has 1 aromatic rings. The zero-order valence-electron chi connectivity index (χ0n) is 13.5. The minimum Gasteiger partial charge on any atom is -0.352 e. The first-order valence-corrected chi connectivity index (χ1v) is 8.94. The van der Waals surface area contributed by atoms with Gasteiger partial charge >= 0.3 is 0 Å². The molecule has 1 aromatic carbocycles. The Labute approximate surface area is 131 Å². The van der Waals surface area contributed by atoms with Crippen LogP contribution in [0.2, 0.25) is 0 Å². The summed E-state index contributed by atoms with van der Waals surface area (Å²) in [6, 6.07) is 4.11. The minimum absolute atomic E-state index is 0.0936. The van der Waals surface area contributed by atoms with Crippen LogP contribution >= 0.6 is 0 Å². The lowest BCUT2D eigenvalue weighted by Gasteiger charge is -2.29. The maximum absolute atomic E-state index is 13.4. The van der Waals surface area contributed by atoms with Crippen molar-refractivity contribution in [2.24, 2.45) is 5.92 Å². The molecule has 1 rings (SSSR count). The number of benzene rings is 1. The molecule has 0 aliphatic carbocycles. The highest BCUT2D eigenvalue weighted by Gasteiger charge is 2.30. The van der Waals surface area contributed by atoms with Crippen LogP contribution in [-0.4, -0.2) is 32.7 Å². The first-order chi connectivity index (χ1) is 10.0. The molecule has 22 heavy (non-hydrogen) atoms. The predicted octanol–water partition coefficient (Wildman–Crippen LogP) is 2.14. The highest BCUT2D eigenvalue weighted by Crippen LogP contribution is 2.21. The molecule has 5 nitrogen and oxygen atoms in total. The predicted molar refractivity (Wildman–Crippen MR) is 85.6 cm³/mol. The summed E-state index contributed by atoms with van der Waals surface area (Å²) in [6.07, 6.45) is 0.994. The van der Waals surface area contributed by atoms with Gasteiger partial charge in [-0.15, -0.1) is 0 Å². The highest BCUT2D eigenvalue weighted by atomic mass is 32.2. The highest BCUT2D eigenvalue weighted by molar-refractivity contribution is 7.92. The van der Waals surface area contributed by atoms with Crippen molar-refractivity contribution in [2.45, 2.75) is 39.8 Å². The Hall–Kier alpha value is -1.63. The van der Waals surface area contributed by atoms with Crippen LogP contribution in [0.5, 0.6) is 0 Å². The molecule has 0 saturated heterocycles. The summed E-state index contributed by atoms with van der Waals surface area (Å²) >= 11 is 0. The molecule has 0 aliphatic rings. The largest absolute Gasteiger partial charge is 0.352 e. The number of carbonyl (C=O) groups is 1. The Morgan fingerprint density at radius 2 is 1.82 bits per heavy atom. The lowest BCUT2D eigenvalue weighted by molar-refractivity contribution is -0.122. The molecule has 0 heterocycles. The lowest BCUT2D eigenvalue weighted by atomic mass is 10.1. The number of nitrogens with zero attached hydrogens (tertiary/aromatic N) is 1. The van der Waals surface area contributed by atoms with Crippen molar-refractivity contribution < 1.29 is 17.6 Å². The van der Waals surface area contributed by atoms with Crippen molar-refractivity contribution in [3.63, 3.8) is 0 Å². The number of carbonyl (C=O) groups excluding carboxylic acids is 1. The van der Waals surface area contributed by atoms with Crippen molar-refractivity contribution in [3.8, 4) is 0 Å². The fourth-order valence-electron chi connectivity index (χ4n) is 1.93. The van der Waals surface area contributed by atoms with Gasteiger partial charge in [0.2, 0.25) is 15.9 Å². The van der Waals surface area contributed by atoms with Crippen LogP contribution in [0.15, 0.2) is 24.3 Å². The smallest absolute Gasteiger partial charge is 0.243 e. The summed E-state index contributed by atoms with van der Waals surface area (Å²) in [5.74, 6) is -0.762. The second kappa shape index (κ2) is 7.09. The Morgan fingerprint density at radius 1 is 1.23 bits per heavy atom. The van der Waals surface area contributed by atoms with Crippen LogP contribution in [0.3, 0.4) is 0 Å². The molecule has 2 atom stereocenters. The number of halogens is 1. The van der Waals surface area contributed by atoms with Crippen LogP contribution in [0.4, 0.5) is 10.1 Å². The lowest BCUT2D eigenvalue weighted by Crippen LogP contribution is -2.50. The molecular weight excluding hydrogens is 307 g/mol. The summed E-state index contributed by atoms with van der Waals surface area (Å²) in [7, 11) is -3.73. The molecular formula is C15H23FN2O3S. The second-order valence-corrected chi connectivity index (χ2v) is 7.62. The molecule has 0 radical (unpaired) electrons. The maximum Gasteiger partial charge on any atom is 0.243 e. The van der Waals surface area contributed by atoms with Gasteiger partial charge < -0.3 is 5.32 Å². The van der Waals surface area contributed by atoms with Crippen molar-refractivity contribution in [3.05, 3.63) is 30.1 Å². The molecule has 0 bridgehead atoms. The average Bonchev–Trinajstić information content (AvgIpc) is 2.36. The average molecular weight is 330 g/mol. The van der Waals surface area contributed by atoms with Gasteiger partial charge in [0, 0.05) is 6.04 Å². The fourth-order valence-corrected chi connectivity index (χ4v) is 3.10. The molecule has 0 aliphatic heterocycles. The summed E-state index contributed by atoms with van der Waals surface area (Å²) in [5.41, 5.74) is 0.127. The third kappa shape index (κ3) is 4.69. The van der Waals surface area contributed by atoms with Gasteiger partial charge in [-0.25, -0.2) is 12.8 Å².